The quantitative estimate of drug-likeness (QED) is 0.555. The average Bonchev–Trinajstić information content (AvgIpc) is 3.27. The van der Waals surface area contributed by atoms with Gasteiger partial charge in [0.25, 0.3) is 5.56 Å². The maximum atomic E-state index is 14.8. The smallest absolute Gasteiger partial charge is 0.412 e. The molecule has 0 saturated carbocycles. The van der Waals surface area contributed by atoms with E-state index in [2.05, 4.69) is 20.2 Å². The summed E-state index contributed by atoms with van der Waals surface area (Å²) < 4.78 is 22.0. The zero-order valence-corrected chi connectivity index (χ0v) is 19.7. The molecule has 2 aromatic heterocycles. The van der Waals surface area contributed by atoms with Gasteiger partial charge >= 0.3 is 6.09 Å². The van der Waals surface area contributed by atoms with Crippen LogP contribution in [0.5, 0.6) is 5.75 Å². The average molecular weight is 495 g/mol. The molecule has 0 radical (unpaired) electrons. The summed E-state index contributed by atoms with van der Waals surface area (Å²) in [5, 5.41) is 13.0. The third-order valence-electron chi connectivity index (χ3n) is 7.44. The molecular formula is C25H27FN6O4. The van der Waals surface area contributed by atoms with E-state index in [4.69, 9.17) is 4.74 Å². The van der Waals surface area contributed by atoms with Crippen molar-refractivity contribution in [1.82, 2.24) is 24.8 Å². The second-order valence-electron chi connectivity index (χ2n) is 9.61. The maximum Gasteiger partial charge on any atom is 0.412 e. The van der Waals surface area contributed by atoms with E-state index in [1.54, 1.807) is 22.9 Å². The van der Waals surface area contributed by atoms with Crippen LogP contribution in [0.3, 0.4) is 0 Å². The summed E-state index contributed by atoms with van der Waals surface area (Å²) in [5.74, 6) is 0.140. The number of nitrogens with zero attached hydrogens (tertiary/aromatic N) is 5. The molecule has 10 nitrogen and oxygen atoms in total. The molecule has 11 heteroatoms. The number of benzene rings is 1. The van der Waals surface area contributed by atoms with Gasteiger partial charge in [0.05, 0.1) is 41.4 Å². The molecular weight excluding hydrogens is 467 g/mol. The normalized spacial score (nSPS) is 19.9. The molecule has 1 aromatic carbocycles. The van der Waals surface area contributed by atoms with Gasteiger partial charge in [-0.15, -0.1) is 0 Å². The Kier molecular flexibility index (Phi) is 5.81. The number of likely N-dealkylation sites (tertiary alicyclic amines) is 1. The van der Waals surface area contributed by atoms with Gasteiger partial charge in [-0.1, -0.05) is 0 Å². The van der Waals surface area contributed by atoms with Gasteiger partial charge in [-0.3, -0.25) is 14.7 Å². The molecule has 1 saturated heterocycles. The van der Waals surface area contributed by atoms with Crippen molar-refractivity contribution in [2.24, 2.45) is 0 Å². The number of anilines is 1. The summed E-state index contributed by atoms with van der Waals surface area (Å²) in [6.07, 6.45) is 3.77. The highest BCUT2D eigenvalue weighted by atomic mass is 19.1. The fourth-order valence-electron chi connectivity index (χ4n) is 5.63. The van der Waals surface area contributed by atoms with Gasteiger partial charge in [0.15, 0.2) is 5.75 Å². The zero-order chi connectivity index (χ0) is 24.8. The number of carbonyl (C=O) groups is 1. The van der Waals surface area contributed by atoms with E-state index in [1.807, 2.05) is 0 Å². The molecule has 3 aromatic rings. The molecule has 0 spiro atoms. The van der Waals surface area contributed by atoms with E-state index in [0.717, 1.165) is 31.6 Å². The van der Waals surface area contributed by atoms with Gasteiger partial charge in [-0.25, -0.2) is 14.2 Å². The highest BCUT2D eigenvalue weighted by Crippen LogP contribution is 2.35. The monoisotopic (exact) mass is 494 g/mol. The lowest BCUT2D eigenvalue weighted by Crippen LogP contribution is -2.43. The Hall–Kier alpha value is -3.57. The van der Waals surface area contributed by atoms with Crippen molar-refractivity contribution in [2.45, 2.75) is 37.9 Å². The zero-order valence-electron chi connectivity index (χ0n) is 19.7. The van der Waals surface area contributed by atoms with Crippen LogP contribution in [0.15, 0.2) is 35.4 Å². The van der Waals surface area contributed by atoms with Crippen molar-refractivity contribution < 1.29 is 19.0 Å². The van der Waals surface area contributed by atoms with Gasteiger partial charge in [-0.2, -0.15) is 0 Å². The van der Waals surface area contributed by atoms with Crippen LogP contribution in [0.25, 0.3) is 11.0 Å². The Balaban J connectivity index is 1.06. The summed E-state index contributed by atoms with van der Waals surface area (Å²) in [7, 11) is 0. The SMILES string of the molecule is O=C(O)N1CCOc2cnc(CNC3CCN(CC4Cn5c(=O)cnc6ccc(F)c4c65)CC3)cc21. The lowest BCUT2D eigenvalue weighted by Gasteiger charge is -2.34. The van der Waals surface area contributed by atoms with Gasteiger partial charge in [0, 0.05) is 37.2 Å². The number of rotatable bonds is 5. The molecule has 2 N–H and O–H groups in total. The van der Waals surface area contributed by atoms with Crippen molar-refractivity contribution in [3.8, 4) is 5.75 Å². The van der Waals surface area contributed by atoms with Crippen LogP contribution in [0.2, 0.25) is 0 Å². The lowest BCUT2D eigenvalue weighted by molar-refractivity contribution is 0.184. The number of aromatic nitrogens is 3. The number of hydrogen-bond acceptors (Lipinski definition) is 7. The Morgan fingerprint density at radius 3 is 2.83 bits per heavy atom. The number of pyridine rings is 1. The predicted molar refractivity (Wildman–Crippen MR) is 130 cm³/mol. The van der Waals surface area contributed by atoms with E-state index >= 15 is 0 Å². The first kappa shape index (κ1) is 22.9. The molecule has 6 rings (SSSR count). The first-order chi connectivity index (χ1) is 17.5. The van der Waals surface area contributed by atoms with Gasteiger partial charge in [-0.05, 0) is 44.1 Å². The van der Waals surface area contributed by atoms with Crippen LogP contribution in [-0.2, 0) is 13.1 Å². The van der Waals surface area contributed by atoms with Crippen LogP contribution in [-0.4, -0.2) is 69.5 Å². The number of amides is 1. The van der Waals surface area contributed by atoms with Crippen molar-refractivity contribution in [3.05, 3.63) is 58.0 Å². The molecule has 5 heterocycles. The summed E-state index contributed by atoms with van der Waals surface area (Å²) in [4.78, 5) is 36.1. The molecule has 1 fully saturated rings. The van der Waals surface area contributed by atoms with Crippen molar-refractivity contribution in [2.75, 3.05) is 37.7 Å². The van der Waals surface area contributed by atoms with E-state index in [-0.39, 0.29) is 17.3 Å². The molecule has 0 bridgehead atoms. The largest absolute Gasteiger partial charge is 0.488 e. The second kappa shape index (κ2) is 9.14. The minimum atomic E-state index is -1.00. The van der Waals surface area contributed by atoms with Crippen LogP contribution in [0, 0.1) is 5.82 Å². The third kappa shape index (κ3) is 4.07. The fourth-order valence-corrected chi connectivity index (χ4v) is 5.63. The minimum Gasteiger partial charge on any atom is -0.488 e. The van der Waals surface area contributed by atoms with Crippen molar-refractivity contribution in [3.63, 3.8) is 0 Å². The molecule has 0 aliphatic carbocycles. The Morgan fingerprint density at radius 1 is 1.19 bits per heavy atom. The number of fused-ring (bicyclic) bond motifs is 1. The van der Waals surface area contributed by atoms with Crippen molar-refractivity contribution >= 4 is 22.8 Å². The van der Waals surface area contributed by atoms with Gasteiger partial charge in [0.2, 0.25) is 0 Å². The van der Waals surface area contributed by atoms with Crippen LogP contribution in [0.1, 0.15) is 30.0 Å². The van der Waals surface area contributed by atoms with E-state index in [9.17, 15) is 19.1 Å². The summed E-state index contributed by atoms with van der Waals surface area (Å²) in [6.45, 7) is 4.06. The summed E-state index contributed by atoms with van der Waals surface area (Å²) in [5.41, 5.74) is 3.01. The number of hydrogen-bond donors (Lipinski definition) is 2. The minimum absolute atomic E-state index is 0.0748. The first-order valence-electron chi connectivity index (χ1n) is 12.2. The Morgan fingerprint density at radius 2 is 2.03 bits per heavy atom. The summed E-state index contributed by atoms with van der Waals surface area (Å²) >= 11 is 0. The van der Waals surface area contributed by atoms with Gasteiger partial charge in [0.1, 0.15) is 12.4 Å². The molecule has 1 amide bonds. The Labute approximate surface area is 206 Å². The highest BCUT2D eigenvalue weighted by Gasteiger charge is 2.31. The van der Waals surface area contributed by atoms with Crippen molar-refractivity contribution in [1.29, 1.82) is 0 Å². The highest BCUT2D eigenvalue weighted by molar-refractivity contribution is 5.88. The molecule has 36 heavy (non-hydrogen) atoms. The van der Waals surface area contributed by atoms with Crippen LogP contribution >= 0.6 is 0 Å². The molecule has 3 aliphatic rings. The molecule has 1 unspecified atom stereocenters. The van der Waals surface area contributed by atoms with E-state index < -0.39 is 6.09 Å². The number of halogens is 1. The first-order valence-corrected chi connectivity index (χ1v) is 12.2. The topological polar surface area (TPSA) is 113 Å². The number of nitrogens with one attached hydrogen (secondary N) is 1. The number of ether oxygens (including phenoxy) is 1. The summed E-state index contributed by atoms with van der Waals surface area (Å²) in [6, 6.07) is 5.16. The van der Waals surface area contributed by atoms with Crippen LogP contribution < -0.4 is 20.5 Å². The van der Waals surface area contributed by atoms with E-state index in [0.29, 0.717) is 66.9 Å². The fraction of sp³-hybridized carbons (Fsp3) is 0.440. The molecule has 188 valence electrons. The number of piperidine rings is 1. The maximum absolute atomic E-state index is 14.8. The Bertz CT molecular complexity index is 1390. The molecule has 3 aliphatic heterocycles. The predicted octanol–water partition coefficient (Wildman–Crippen LogP) is 2.16. The van der Waals surface area contributed by atoms with E-state index in [1.165, 1.54) is 17.2 Å². The number of carboxylic acid groups (broad SMARTS) is 1. The molecule has 1 atom stereocenters. The second-order valence-corrected chi connectivity index (χ2v) is 9.61. The lowest BCUT2D eigenvalue weighted by atomic mass is 9.97. The van der Waals surface area contributed by atoms with Crippen LogP contribution in [0.4, 0.5) is 14.9 Å². The standard InChI is InChI=1S/C25H27FN6O4/c26-18-1-2-19-24-23(18)15(14-32(24)22(33)12-29-19)13-30-5-3-16(4-6-30)27-10-17-9-20-21(11-28-17)36-8-7-31(20)25(34)35/h1-2,9,11-12,15-16,27H,3-8,10,13-14H2,(H,34,35). The third-order valence-corrected chi connectivity index (χ3v) is 7.44. The van der Waals surface area contributed by atoms with Gasteiger partial charge < -0.3 is 24.6 Å².